The third-order valence-electron chi connectivity index (χ3n) is 5.03. The number of anilines is 1. The van der Waals surface area contributed by atoms with Gasteiger partial charge in [0.25, 0.3) is 11.8 Å². The Kier molecular flexibility index (Phi) is 8.82. The molecule has 10 nitrogen and oxygen atoms in total. The van der Waals surface area contributed by atoms with E-state index in [1.165, 1.54) is 11.3 Å². The number of carbonyl (C=O) groups is 3. The van der Waals surface area contributed by atoms with Gasteiger partial charge in [0.15, 0.2) is 16.1 Å². The lowest BCUT2D eigenvalue weighted by atomic mass is 10.2. The summed E-state index contributed by atoms with van der Waals surface area (Å²) in [4.78, 5) is 43.9. The Hall–Kier alpha value is -2.84. The van der Waals surface area contributed by atoms with E-state index in [9.17, 15) is 14.4 Å². The van der Waals surface area contributed by atoms with Crippen molar-refractivity contribution in [1.29, 1.82) is 0 Å². The first-order valence-corrected chi connectivity index (χ1v) is 12.9. The number of thioether (sulfide) groups is 1. The monoisotopic (exact) mass is 533 g/mol. The van der Waals surface area contributed by atoms with Gasteiger partial charge in [-0.1, -0.05) is 30.0 Å². The highest BCUT2D eigenvalue weighted by atomic mass is 32.2. The highest BCUT2D eigenvalue weighted by Crippen LogP contribution is 2.33. The van der Waals surface area contributed by atoms with Crippen molar-refractivity contribution < 1.29 is 23.9 Å². The zero-order valence-corrected chi connectivity index (χ0v) is 21.0. The van der Waals surface area contributed by atoms with Gasteiger partial charge in [0.05, 0.1) is 18.1 Å². The van der Waals surface area contributed by atoms with E-state index in [1.54, 1.807) is 41.9 Å². The number of hydrogen-bond acceptors (Lipinski definition) is 10. The van der Waals surface area contributed by atoms with Gasteiger partial charge < -0.3 is 9.47 Å². The number of hydrogen-bond donors (Lipinski definition) is 2. The molecular formula is C22H23N5O5S3. The highest BCUT2D eigenvalue weighted by Gasteiger charge is 2.33. The number of aromatic nitrogens is 1. The van der Waals surface area contributed by atoms with E-state index in [4.69, 9.17) is 21.7 Å². The topological polar surface area (TPSA) is 113 Å². The van der Waals surface area contributed by atoms with Crippen LogP contribution >= 0.6 is 35.3 Å². The molecule has 2 saturated heterocycles. The molecule has 0 radical (unpaired) electrons. The predicted octanol–water partition coefficient (Wildman–Crippen LogP) is 2.12. The van der Waals surface area contributed by atoms with Crippen molar-refractivity contribution in [1.82, 2.24) is 20.3 Å². The molecule has 3 amide bonds. The van der Waals surface area contributed by atoms with Gasteiger partial charge >= 0.3 is 0 Å². The zero-order valence-electron chi connectivity index (χ0n) is 18.6. The second-order valence-corrected chi connectivity index (χ2v) is 10.0. The molecule has 1 aromatic heterocycles. The van der Waals surface area contributed by atoms with Crippen LogP contribution in [0.4, 0.5) is 5.13 Å². The van der Waals surface area contributed by atoms with Crippen molar-refractivity contribution in [3.05, 3.63) is 46.3 Å². The lowest BCUT2D eigenvalue weighted by Gasteiger charge is -2.26. The Morgan fingerprint density at radius 3 is 2.80 bits per heavy atom. The van der Waals surface area contributed by atoms with Crippen molar-refractivity contribution in [3.8, 4) is 5.75 Å². The van der Waals surface area contributed by atoms with Crippen molar-refractivity contribution >= 4 is 68.6 Å². The Morgan fingerprint density at radius 1 is 1.23 bits per heavy atom. The molecule has 2 fully saturated rings. The maximum atomic E-state index is 12.9. The summed E-state index contributed by atoms with van der Waals surface area (Å²) in [6, 6.07) is 7.03. The van der Waals surface area contributed by atoms with E-state index in [1.807, 2.05) is 0 Å². The average Bonchev–Trinajstić information content (AvgIpc) is 3.46. The Labute approximate surface area is 215 Å². The third-order valence-corrected chi connectivity index (χ3v) is 7.02. The van der Waals surface area contributed by atoms with E-state index in [-0.39, 0.29) is 29.2 Å². The van der Waals surface area contributed by atoms with Gasteiger partial charge in [0.2, 0.25) is 5.91 Å². The Morgan fingerprint density at radius 2 is 2.03 bits per heavy atom. The summed E-state index contributed by atoms with van der Waals surface area (Å²) in [5.41, 5.74) is 3.21. The lowest BCUT2D eigenvalue weighted by molar-refractivity contribution is -0.133. The minimum absolute atomic E-state index is 0.218. The molecule has 2 aliphatic heterocycles. The number of thiazole rings is 1. The molecule has 1 aromatic carbocycles. The molecule has 2 N–H and O–H groups in total. The standard InChI is InChI=1S/C22H23N5O5S3/c28-18(5-7-26-8-10-31-11-9-26)25-27-20(30)17(35-22(27)33)13-15-3-1-2-4-16(15)32-14-19(29)24-21-23-6-12-34-21/h1-4,6,12-13H,5,7-11,14H2,(H,25,28)(H,23,24,29)/b17-13-. The van der Waals surface area contributed by atoms with Crippen LogP contribution in [0.25, 0.3) is 6.08 Å². The number of nitrogens with one attached hydrogen (secondary N) is 2. The molecular weight excluding hydrogens is 510 g/mol. The van der Waals surface area contributed by atoms with Crippen LogP contribution in [0, 0.1) is 0 Å². The number of ether oxygens (including phenoxy) is 2. The summed E-state index contributed by atoms with van der Waals surface area (Å²) in [5.74, 6) is -0.623. The number of nitrogens with zero attached hydrogens (tertiary/aromatic N) is 3. The summed E-state index contributed by atoms with van der Waals surface area (Å²) in [6.45, 7) is 3.24. The van der Waals surface area contributed by atoms with Crippen molar-refractivity contribution in [2.45, 2.75) is 6.42 Å². The quantitative estimate of drug-likeness (QED) is 0.370. The number of carbonyl (C=O) groups excluding carboxylic acids is 3. The van der Waals surface area contributed by atoms with Crippen LogP contribution in [0.15, 0.2) is 40.7 Å². The van der Waals surface area contributed by atoms with Gasteiger partial charge in [-0.2, -0.15) is 5.01 Å². The van der Waals surface area contributed by atoms with E-state index >= 15 is 0 Å². The Bertz CT molecular complexity index is 1120. The molecule has 13 heteroatoms. The second kappa shape index (κ2) is 12.2. The molecule has 35 heavy (non-hydrogen) atoms. The average molecular weight is 534 g/mol. The highest BCUT2D eigenvalue weighted by molar-refractivity contribution is 8.26. The van der Waals surface area contributed by atoms with E-state index in [0.29, 0.717) is 41.1 Å². The van der Waals surface area contributed by atoms with Gasteiger partial charge in [0.1, 0.15) is 5.75 Å². The molecule has 3 heterocycles. The van der Waals surface area contributed by atoms with E-state index in [0.717, 1.165) is 29.9 Å². The van der Waals surface area contributed by atoms with Crippen molar-refractivity contribution in [3.63, 3.8) is 0 Å². The van der Waals surface area contributed by atoms with Gasteiger partial charge in [0, 0.05) is 43.2 Å². The number of hydrazine groups is 1. The molecule has 4 rings (SSSR count). The molecule has 0 saturated carbocycles. The molecule has 0 unspecified atom stereocenters. The van der Waals surface area contributed by atoms with Gasteiger partial charge in [-0.25, -0.2) is 4.98 Å². The first kappa shape index (κ1) is 25.3. The van der Waals surface area contributed by atoms with Crippen molar-refractivity contribution in [2.75, 3.05) is 44.8 Å². The number of rotatable bonds is 9. The van der Waals surface area contributed by atoms with Crippen LogP contribution in [0.5, 0.6) is 5.75 Å². The fourth-order valence-corrected chi connectivity index (χ4v) is 5.00. The minimum Gasteiger partial charge on any atom is -0.483 e. The molecule has 0 bridgehead atoms. The van der Waals surface area contributed by atoms with Gasteiger partial charge in [-0.15, -0.1) is 11.3 Å². The zero-order chi connectivity index (χ0) is 24.6. The van der Waals surface area contributed by atoms with Crippen LogP contribution in [-0.4, -0.2) is 76.4 Å². The largest absolute Gasteiger partial charge is 0.483 e. The molecule has 2 aliphatic rings. The van der Waals surface area contributed by atoms with Crippen LogP contribution in [-0.2, 0) is 19.1 Å². The molecule has 0 spiro atoms. The van der Waals surface area contributed by atoms with E-state index < -0.39 is 5.91 Å². The fourth-order valence-electron chi connectivity index (χ4n) is 3.29. The van der Waals surface area contributed by atoms with Crippen LogP contribution < -0.4 is 15.5 Å². The number of amides is 3. The summed E-state index contributed by atoms with van der Waals surface area (Å²) in [7, 11) is 0. The minimum atomic E-state index is -0.420. The summed E-state index contributed by atoms with van der Waals surface area (Å²) < 4.78 is 11.2. The third kappa shape index (κ3) is 7.08. The fraction of sp³-hybridized carbons (Fsp3) is 0.318. The van der Waals surface area contributed by atoms with Gasteiger partial charge in [-0.05, 0) is 24.4 Å². The summed E-state index contributed by atoms with van der Waals surface area (Å²) in [6.07, 6.45) is 3.47. The molecule has 0 aliphatic carbocycles. The van der Waals surface area contributed by atoms with E-state index in [2.05, 4.69) is 20.6 Å². The number of para-hydroxylation sites is 1. The molecule has 0 atom stereocenters. The predicted molar refractivity (Wildman–Crippen MR) is 138 cm³/mol. The lowest BCUT2D eigenvalue weighted by Crippen LogP contribution is -2.46. The van der Waals surface area contributed by atoms with Crippen LogP contribution in [0.1, 0.15) is 12.0 Å². The smallest absolute Gasteiger partial charge is 0.285 e. The normalized spacial score (nSPS) is 17.6. The van der Waals surface area contributed by atoms with Crippen LogP contribution in [0.2, 0.25) is 0 Å². The summed E-state index contributed by atoms with van der Waals surface area (Å²) >= 11 is 7.70. The maximum Gasteiger partial charge on any atom is 0.285 e. The van der Waals surface area contributed by atoms with Crippen LogP contribution in [0.3, 0.4) is 0 Å². The second-order valence-electron chi connectivity index (χ2n) is 7.47. The van der Waals surface area contributed by atoms with Gasteiger partial charge in [-0.3, -0.25) is 30.0 Å². The SMILES string of the molecule is O=C(COc1ccccc1/C=C1\SC(=S)N(NC(=O)CCN2CCOCC2)C1=O)Nc1nccs1. The molecule has 184 valence electrons. The number of benzene rings is 1. The first-order chi connectivity index (χ1) is 17.0. The van der Waals surface area contributed by atoms with Crippen molar-refractivity contribution in [2.24, 2.45) is 0 Å². The molecule has 2 aromatic rings. The summed E-state index contributed by atoms with van der Waals surface area (Å²) in [5, 5.41) is 5.99. The number of thiocarbonyl (C=S) groups is 1. The number of morpholine rings is 1. The maximum absolute atomic E-state index is 12.9. The Balaban J connectivity index is 1.34. The first-order valence-electron chi connectivity index (χ1n) is 10.8.